The van der Waals surface area contributed by atoms with E-state index in [-0.39, 0.29) is 5.91 Å². The molecule has 1 amide bonds. The number of aryl methyl sites for hydroxylation is 1. The summed E-state index contributed by atoms with van der Waals surface area (Å²) in [5.74, 6) is 1.70. The highest BCUT2D eigenvalue weighted by Crippen LogP contribution is 2.32. The van der Waals surface area contributed by atoms with Gasteiger partial charge in [-0.05, 0) is 48.4 Å². The predicted molar refractivity (Wildman–Crippen MR) is 127 cm³/mol. The second-order valence-electron chi connectivity index (χ2n) is 6.89. The first kappa shape index (κ1) is 22.0. The molecular formula is C23H22N4O3S2. The Labute approximate surface area is 194 Å². The van der Waals surface area contributed by atoms with Crippen LogP contribution in [0, 0.1) is 0 Å². The van der Waals surface area contributed by atoms with Crippen molar-refractivity contribution in [2.75, 3.05) is 12.0 Å². The van der Waals surface area contributed by atoms with Crippen molar-refractivity contribution in [3.05, 3.63) is 65.2 Å². The normalized spacial score (nSPS) is 10.8. The van der Waals surface area contributed by atoms with Gasteiger partial charge in [0.2, 0.25) is 11.8 Å². The van der Waals surface area contributed by atoms with Crippen LogP contribution in [-0.4, -0.2) is 28.2 Å². The Morgan fingerprint density at radius 3 is 2.53 bits per heavy atom. The summed E-state index contributed by atoms with van der Waals surface area (Å²) >= 11 is 2.84. The number of rotatable bonds is 8. The van der Waals surface area contributed by atoms with Gasteiger partial charge in [-0.2, -0.15) is 0 Å². The number of ether oxygens (including phenoxy) is 1. The third kappa shape index (κ3) is 5.00. The first-order valence-electron chi connectivity index (χ1n) is 10.0. The molecule has 2 heterocycles. The molecular weight excluding hydrogens is 444 g/mol. The average molecular weight is 467 g/mol. The molecule has 164 valence electrons. The maximum atomic E-state index is 12.3. The highest BCUT2D eigenvalue weighted by molar-refractivity contribution is 7.98. The second kappa shape index (κ2) is 9.97. The number of carbonyl (C=O) groups is 1. The standard InChI is InChI=1S/C23H22N4O3S2/c1-4-16-5-9-19(10-6-16)27(15(2)28)22-24-18(13-31-22)14-32-23-26-25-21(30-23)17-7-11-20(29-3)12-8-17/h5-13H,4,14H2,1-3H3. The van der Waals surface area contributed by atoms with Crippen molar-refractivity contribution < 1.29 is 13.9 Å². The van der Waals surface area contributed by atoms with Gasteiger partial charge in [-0.15, -0.1) is 21.5 Å². The third-order valence-electron chi connectivity index (χ3n) is 4.74. The van der Waals surface area contributed by atoms with Gasteiger partial charge in [0.25, 0.3) is 5.22 Å². The van der Waals surface area contributed by atoms with E-state index in [2.05, 4.69) is 22.1 Å². The van der Waals surface area contributed by atoms with E-state index in [0.717, 1.165) is 29.1 Å². The van der Waals surface area contributed by atoms with Gasteiger partial charge in [-0.1, -0.05) is 30.8 Å². The van der Waals surface area contributed by atoms with Crippen LogP contribution in [0.5, 0.6) is 5.75 Å². The predicted octanol–water partition coefficient (Wildman–Crippen LogP) is 5.74. The average Bonchev–Trinajstić information content (AvgIpc) is 3.48. The van der Waals surface area contributed by atoms with Crippen LogP contribution in [0.4, 0.5) is 10.8 Å². The summed E-state index contributed by atoms with van der Waals surface area (Å²) < 4.78 is 10.9. The molecule has 0 unspecified atom stereocenters. The summed E-state index contributed by atoms with van der Waals surface area (Å²) in [4.78, 5) is 18.6. The Balaban J connectivity index is 1.43. The van der Waals surface area contributed by atoms with Gasteiger partial charge in [-0.3, -0.25) is 9.69 Å². The number of hydrogen-bond acceptors (Lipinski definition) is 8. The molecule has 0 N–H and O–H groups in total. The fourth-order valence-corrected chi connectivity index (χ4v) is 4.67. The number of nitrogens with zero attached hydrogens (tertiary/aromatic N) is 4. The molecule has 0 fully saturated rings. The van der Waals surface area contributed by atoms with E-state index in [0.29, 0.717) is 22.0 Å². The van der Waals surface area contributed by atoms with Crippen LogP contribution in [0.3, 0.4) is 0 Å². The van der Waals surface area contributed by atoms with E-state index >= 15 is 0 Å². The zero-order valence-electron chi connectivity index (χ0n) is 17.9. The fourth-order valence-electron chi connectivity index (χ4n) is 3.03. The summed E-state index contributed by atoms with van der Waals surface area (Å²) in [7, 11) is 1.62. The van der Waals surface area contributed by atoms with Gasteiger partial charge in [0, 0.05) is 23.6 Å². The number of carbonyl (C=O) groups excluding carboxylic acids is 1. The molecule has 0 atom stereocenters. The quantitative estimate of drug-likeness (QED) is 0.306. The van der Waals surface area contributed by atoms with Crippen LogP contribution in [0.1, 0.15) is 25.1 Å². The van der Waals surface area contributed by atoms with Crippen molar-refractivity contribution in [1.82, 2.24) is 15.2 Å². The summed E-state index contributed by atoms with van der Waals surface area (Å²) in [6.45, 7) is 3.65. The molecule has 0 aliphatic rings. The fraction of sp³-hybridized carbons (Fsp3) is 0.217. The first-order chi connectivity index (χ1) is 15.6. The number of thioether (sulfide) groups is 1. The number of anilines is 2. The largest absolute Gasteiger partial charge is 0.497 e. The number of hydrogen-bond donors (Lipinski definition) is 0. The highest BCUT2D eigenvalue weighted by Gasteiger charge is 2.18. The minimum Gasteiger partial charge on any atom is -0.497 e. The van der Waals surface area contributed by atoms with Crippen LogP contribution >= 0.6 is 23.1 Å². The molecule has 0 bridgehead atoms. The number of benzene rings is 2. The Bertz CT molecular complexity index is 1190. The van der Waals surface area contributed by atoms with Gasteiger partial charge in [0.1, 0.15) is 5.75 Å². The monoisotopic (exact) mass is 466 g/mol. The Hall–Kier alpha value is -3.17. The highest BCUT2D eigenvalue weighted by atomic mass is 32.2. The summed E-state index contributed by atoms with van der Waals surface area (Å²) in [6.07, 6.45) is 0.953. The van der Waals surface area contributed by atoms with E-state index in [9.17, 15) is 4.79 Å². The van der Waals surface area contributed by atoms with Gasteiger partial charge in [0.05, 0.1) is 18.5 Å². The number of thiazole rings is 1. The van der Waals surface area contributed by atoms with Gasteiger partial charge < -0.3 is 9.15 Å². The summed E-state index contributed by atoms with van der Waals surface area (Å²) in [6, 6.07) is 15.4. The van der Waals surface area contributed by atoms with E-state index in [1.807, 2.05) is 53.9 Å². The number of methoxy groups -OCH3 is 1. The van der Waals surface area contributed by atoms with Gasteiger partial charge in [-0.25, -0.2) is 4.98 Å². The second-order valence-corrected chi connectivity index (χ2v) is 8.65. The van der Waals surface area contributed by atoms with Crippen molar-refractivity contribution in [3.63, 3.8) is 0 Å². The minimum atomic E-state index is -0.0798. The summed E-state index contributed by atoms with van der Waals surface area (Å²) in [5.41, 5.74) is 3.70. The molecule has 4 aromatic rings. The van der Waals surface area contributed by atoms with Crippen LogP contribution in [0.2, 0.25) is 0 Å². The van der Waals surface area contributed by atoms with Crippen LogP contribution < -0.4 is 9.64 Å². The van der Waals surface area contributed by atoms with Gasteiger partial charge in [0.15, 0.2) is 5.13 Å². The van der Waals surface area contributed by atoms with E-state index in [1.165, 1.54) is 28.7 Å². The lowest BCUT2D eigenvalue weighted by molar-refractivity contribution is -0.115. The lowest BCUT2D eigenvalue weighted by atomic mass is 10.1. The van der Waals surface area contributed by atoms with Crippen LogP contribution in [-0.2, 0) is 17.0 Å². The Morgan fingerprint density at radius 1 is 1.12 bits per heavy atom. The van der Waals surface area contributed by atoms with Crippen molar-refractivity contribution in [3.8, 4) is 17.2 Å². The Morgan fingerprint density at radius 2 is 1.88 bits per heavy atom. The van der Waals surface area contributed by atoms with Crippen molar-refractivity contribution in [2.24, 2.45) is 0 Å². The maximum absolute atomic E-state index is 12.3. The molecule has 4 rings (SSSR count). The Kier molecular flexibility index (Phi) is 6.87. The molecule has 0 aliphatic carbocycles. The number of amides is 1. The lowest BCUT2D eigenvalue weighted by Gasteiger charge is -2.18. The molecule has 0 aliphatic heterocycles. The van der Waals surface area contributed by atoms with E-state index < -0.39 is 0 Å². The van der Waals surface area contributed by atoms with Crippen molar-refractivity contribution >= 4 is 39.8 Å². The van der Waals surface area contributed by atoms with E-state index in [4.69, 9.17) is 9.15 Å². The maximum Gasteiger partial charge on any atom is 0.277 e. The topological polar surface area (TPSA) is 81.4 Å². The zero-order valence-corrected chi connectivity index (χ0v) is 19.6. The number of aromatic nitrogens is 3. The molecule has 2 aromatic heterocycles. The molecule has 7 nitrogen and oxygen atoms in total. The lowest BCUT2D eigenvalue weighted by Crippen LogP contribution is -2.22. The third-order valence-corrected chi connectivity index (χ3v) is 6.46. The molecule has 0 saturated heterocycles. The smallest absolute Gasteiger partial charge is 0.277 e. The zero-order chi connectivity index (χ0) is 22.5. The SMILES string of the molecule is CCc1ccc(N(C(C)=O)c2nc(CSc3nnc(-c4ccc(OC)cc4)o3)cs2)cc1. The summed E-state index contributed by atoms with van der Waals surface area (Å²) in [5, 5.41) is 11.3. The molecule has 9 heteroatoms. The van der Waals surface area contributed by atoms with Crippen LogP contribution in [0.25, 0.3) is 11.5 Å². The first-order valence-corrected chi connectivity index (χ1v) is 11.9. The van der Waals surface area contributed by atoms with Crippen molar-refractivity contribution in [2.45, 2.75) is 31.2 Å². The van der Waals surface area contributed by atoms with Crippen molar-refractivity contribution in [1.29, 1.82) is 0 Å². The molecule has 0 radical (unpaired) electrons. The minimum absolute atomic E-state index is 0.0798. The molecule has 2 aromatic carbocycles. The molecule has 32 heavy (non-hydrogen) atoms. The van der Waals surface area contributed by atoms with E-state index in [1.54, 1.807) is 18.9 Å². The molecule has 0 saturated carbocycles. The van der Waals surface area contributed by atoms with Gasteiger partial charge >= 0.3 is 0 Å². The molecule has 0 spiro atoms. The van der Waals surface area contributed by atoms with Crippen LogP contribution in [0.15, 0.2) is 63.6 Å².